The number of aliphatic imine (C=N–C) groups is 1. The van der Waals surface area contributed by atoms with Gasteiger partial charge in [-0.15, -0.1) is 0 Å². The number of benzene rings is 3. The molecule has 150 valence electrons. The smallest absolute Gasteiger partial charge is 0.277 e. The normalized spacial score (nSPS) is 11.4. The number of hydrogen-bond donors (Lipinski definition) is 2. The van der Waals surface area contributed by atoms with Crippen molar-refractivity contribution in [1.82, 2.24) is 9.78 Å². The van der Waals surface area contributed by atoms with Crippen LogP contribution in [0.3, 0.4) is 0 Å². The first-order chi connectivity index (χ1) is 14.6. The largest absolute Gasteiger partial charge is 0.493 e. The number of hydrogen-bond acceptors (Lipinski definition) is 4. The first kappa shape index (κ1) is 19.3. The van der Waals surface area contributed by atoms with Crippen molar-refractivity contribution >= 4 is 11.4 Å². The van der Waals surface area contributed by atoms with Gasteiger partial charge in [0.2, 0.25) is 5.88 Å². The van der Waals surface area contributed by atoms with Crippen LogP contribution in [0.4, 0.5) is 5.69 Å². The van der Waals surface area contributed by atoms with Crippen molar-refractivity contribution in [3.63, 3.8) is 0 Å². The molecule has 30 heavy (non-hydrogen) atoms. The van der Waals surface area contributed by atoms with E-state index in [0.717, 1.165) is 11.3 Å². The van der Waals surface area contributed by atoms with Gasteiger partial charge in [-0.2, -0.15) is 0 Å². The summed E-state index contributed by atoms with van der Waals surface area (Å²) < 4.78 is 7.25. The number of ether oxygens (including phenoxy) is 1. The fourth-order valence-corrected chi connectivity index (χ4v) is 3.17. The number of aromatic nitrogens is 2. The Morgan fingerprint density at radius 2 is 1.63 bits per heavy atom. The van der Waals surface area contributed by atoms with E-state index in [1.807, 2.05) is 78.9 Å². The van der Waals surface area contributed by atoms with Crippen molar-refractivity contribution < 1.29 is 9.84 Å². The van der Waals surface area contributed by atoms with Crippen LogP contribution in [0, 0.1) is 0 Å². The summed E-state index contributed by atoms with van der Waals surface area (Å²) in [4.78, 5) is 17.0. The van der Waals surface area contributed by atoms with Gasteiger partial charge in [0.15, 0.2) is 0 Å². The Hall–Kier alpha value is -4.06. The lowest BCUT2D eigenvalue weighted by atomic mass is 10.2. The molecule has 0 unspecified atom stereocenters. The molecule has 0 aliphatic rings. The molecule has 0 saturated carbocycles. The molecular weight excluding hydrogens is 378 g/mol. The second-order valence-corrected chi connectivity index (χ2v) is 6.82. The zero-order chi connectivity index (χ0) is 20.9. The van der Waals surface area contributed by atoms with Gasteiger partial charge >= 0.3 is 0 Å². The molecule has 0 fully saturated rings. The second kappa shape index (κ2) is 8.53. The highest BCUT2D eigenvalue weighted by Crippen LogP contribution is 2.26. The van der Waals surface area contributed by atoms with Gasteiger partial charge in [-0.25, -0.2) is 4.68 Å². The molecule has 2 N–H and O–H groups in total. The molecular formula is C24H21N3O3. The minimum Gasteiger partial charge on any atom is -0.493 e. The molecule has 0 aliphatic carbocycles. The topological polar surface area (TPSA) is 79.6 Å². The molecule has 1 heterocycles. The summed E-state index contributed by atoms with van der Waals surface area (Å²) >= 11 is 0. The van der Waals surface area contributed by atoms with Crippen molar-refractivity contribution in [2.24, 2.45) is 4.99 Å². The summed E-state index contributed by atoms with van der Waals surface area (Å²) in [5, 5.41) is 13.3. The average Bonchev–Trinajstić information content (AvgIpc) is 3.03. The third-order valence-corrected chi connectivity index (χ3v) is 4.58. The molecule has 0 amide bonds. The number of nitrogens with zero attached hydrogens (tertiary/aromatic N) is 2. The standard InChI is InChI=1S/C24H21N3O3/c1-17(22-23(28)26-27(24(22)29)16-18-9-4-2-5-10-18)25-19-11-8-14-21(15-19)30-20-12-6-3-7-13-20/h2-15,29H,16H2,1H3,(H,26,28). The highest BCUT2D eigenvalue weighted by molar-refractivity contribution is 6.01. The molecule has 6 nitrogen and oxygen atoms in total. The fourth-order valence-electron chi connectivity index (χ4n) is 3.17. The highest BCUT2D eigenvalue weighted by Gasteiger charge is 2.17. The summed E-state index contributed by atoms with van der Waals surface area (Å²) in [6.07, 6.45) is 0. The first-order valence-corrected chi connectivity index (χ1v) is 9.54. The first-order valence-electron chi connectivity index (χ1n) is 9.54. The van der Waals surface area contributed by atoms with Gasteiger partial charge in [-0.3, -0.25) is 14.9 Å². The van der Waals surface area contributed by atoms with Gasteiger partial charge in [0.25, 0.3) is 5.56 Å². The maximum absolute atomic E-state index is 12.4. The van der Waals surface area contributed by atoms with Crippen molar-refractivity contribution in [2.75, 3.05) is 0 Å². The molecule has 0 atom stereocenters. The minimum atomic E-state index is -0.388. The highest BCUT2D eigenvalue weighted by atomic mass is 16.5. The number of aromatic hydroxyl groups is 1. The number of nitrogens with one attached hydrogen (secondary N) is 1. The van der Waals surface area contributed by atoms with Gasteiger partial charge in [0.1, 0.15) is 17.1 Å². The zero-order valence-corrected chi connectivity index (χ0v) is 16.4. The molecule has 6 heteroatoms. The SMILES string of the molecule is CC(=Nc1cccc(Oc2ccccc2)c1)c1c(O)n(Cc2ccccc2)[nH]c1=O. The third kappa shape index (κ3) is 4.33. The Labute approximate surface area is 173 Å². The van der Waals surface area contributed by atoms with Gasteiger partial charge in [-0.1, -0.05) is 54.6 Å². The zero-order valence-electron chi connectivity index (χ0n) is 16.4. The summed E-state index contributed by atoms with van der Waals surface area (Å²) in [6.45, 7) is 2.05. The maximum Gasteiger partial charge on any atom is 0.277 e. The Morgan fingerprint density at radius 1 is 0.967 bits per heavy atom. The molecule has 0 aliphatic heterocycles. The lowest BCUT2D eigenvalue weighted by Gasteiger charge is -2.07. The van der Waals surface area contributed by atoms with E-state index in [1.165, 1.54) is 4.68 Å². The van der Waals surface area contributed by atoms with Crippen molar-refractivity contribution in [1.29, 1.82) is 0 Å². The number of aromatic amines is 1. The lowest BCUT2D eigenvalue weighted by molar-refractivity contribution is 0.408. The van der Waals surface area contributed by atoms with E-state index < -0.39 is 0 Å². The molecule has 0 saturated heterocycles. The van der Waals surface area contributed by atoms with Crippen LogP contribution in [0.5, 0.6) is 17.4 Å². The van der Waals surface area contributed by atoms with Crippen molar-refractivity contribution in [3.8, 4) is 17.4 Å². The van der Waals surface area contributed by atoms with Gasteiger partial charge < -0.3 is 9.84 Å². The van der Waals surface area contributed by atoms with Gasteiger partial charge in [-0.05, 0) is 36.8 Å². The van der Waals surface area contributed by atoms with E-state index in [-0.39, 0.29) is 17.0 Å². The Bertz CT molecular complexity index is 1230. The number of rotatable bonds is 6. The Kier molecular flexibility index (Phi) is 5.48. The summed E-state index contributed by atoms with van der Waals surface area (Å²) in [5.74, 6) is 1.22. The van der Waals surface area contributed by atoms with E-state index in [4.69, 9.17) is 4.74 Å². The molecule has 0 bridgehead atoms. The maximum atomic E-state index is 12.4. The van der Waals surface area contributed by atoms with Crippen LogP contribution in [0.15, 0.2) is 94.7 Å². The molecule has 0 spiro atoms. The van der Waals surface area contributed by atoms with Crippen LogP contribution in [0.25, 0.3) is 0 Å². The summed E-state index contributed by atoms with van der Waals surface area (Å²) in [5.41, 5.74) is 1.76. The van der Waals surface area contributed by atoms with Gasteiger partial charge in [0.05, 0.1) is 17.9 Å². The van der Waals surface area contributed by atoms with Crippen LogP contribution in [-0.4, -0.2) is 20.6 Å². The Balaban J connectivity index is 1.59. The third-order valence-electron chi connectivity index (χ3n) is 4.58. The van der Waals surface area contributed by atoms with Crippen LogP contribution in [0.2, 0.25) is 0 Å². The monoisotopic (exact) mass is 399 g/mol. The molecule has 0 radical (unpaired) electrons. The fraction of sp³-hybridized carbons (Fsp3) is 0.0833. The van der Waals surface area contributed by atoms with E-state index in [9.17, 15) is 9.90 Å². The van der Waals surface area contributed by atoms with E-state index in [0.29, 0.717) is 23.7 Å². The molecule has 3 aromatic carbocycles. The van der Waals surface area contributed by atoms with Crippen molar-refractivity contribution in [2.45, 2.75) is 13.5 Å². The van der Waals surface area contributed by atoms with E-state index >= 15 is 0 Å². The predicted octanol–water partition coefficient (Wildman–Crippen LogP) is 4.86. The lowest BCUT2D eigenvalue weighted by Crippen LogP contribution is -2.11. The number of para-hydroxylation sites is 1. The predicted molar refractivity (Wildman–Crippen MR) is 117 cm³/mol. The van der Waals surface area contributed by atoms with Crippen LogP contribution < -0.4 is 10.3 Å². The Morgan fingerprint density at radius 3 is 2.37 bits per heavy atom. The summed E-state index contributed by atoms with van der Waals surface area (Å²) in [6, 6.07) is 26.3. The molecule has 4 aromatic rings. The number of H-pyrrole nitrogens is 1. The quantitative estimate of drug-likeness (QED) is 0.454. The summed E-state index contributed by atoms with van der Waals surface area (Å²) in [7, 11) is 0. The molecule has 4 rings (SSSR count). The van der Waals surface area contributed by atoms with E-state index in [2.05, 4.69) is 10.1 Å². The van der Waals surface area contributed by atoms with Crippen LogP contribution >= 0.6 is 0 Å². The van der Waals surface area contributed by atoms with Crippen molar-refractivity contribution in [3.05, 3.63) is 106 Å². The molecule has 1 aromatic heterocycles. The van der Waals surface area contributed by atoms with Crippen LogP contribution in [0.1, 0.15) is 18.1 Å². The average molecular weight is 399 g/mol. The second-order valence-electron chi connectivity index (χ2n) is 6.82. The van der Waals surface area contributed by atoms with Crippen LogP contribution in [-0.2, 0) is 6.54 Å². The van der Waals surface area contributed by atoms with E-state index in [1.54, 1.807) is 13.0 Å². The van der Waals surface area contributed by atoms with Gasteiger partial charge in [0, 0.05) is 6.07 Å². The minimum absolute atomic E-state index is 0.137.